The monoisotopic (exact) mass is 354 g/mol. The van der Waals surface area contributed by atoms with Crippen molar-refractivity contribution in [1.82, 2.24) is 4.90 Å². The van der Waals surface area contributed by atoms with Crippen LogP contribution in [-0.4, -0.2) is 29.8 Å². The van der Waals surface area contributed by atoms with E-state index in [1.165, 1.54) is 0 Å². The van der Waals surface area contributed by atoms with E-state index in [4.69, 9.17) is 0 Å². The molecule has 4 nitrogen and oxygen atoms in total. The summed E-state index contributed by atoms with van der Waals surface area (Å²) in [7, 11) is 0. The summed E-state index contributed by atoms with van der Waals surface area (Å²) in [5.74, 6) is -0.0601. The summed E-state index contributed by atoms with van der Waals surface area (Å²) < 4.78 is 0.866. The van der Waals surface area contributed by atoms with Crippen LogP contribution in [0.25, 0.3) is 0 Å². The van der Waals surface area contributed by atoms with E-state index < -0.39 is 0 Å². The van der Waals surface area contributed by atoms with Crippen LogP contribution in [0.4, 0.5) is 5.69 Å². The van der Waals surface area contributed by atoms with Gasteiger partial charge in [0.2, 0.25) is 11.8 Å². The van der Waals surface area contributed by atoms with Gasteiger partial charge >= 0.3 is 0 Å². The van der Waals surface area contributed by atoms with Crippen molar-refractivity contribution in [3.8, 4) is 0 Å². The molecule has 2 amide bonds. The number of carbonyl (C=O) groups is 2. The molecule has 0 bridgehead atoms. The molecule has 0 radical (unpaired) electrons. The Bertz CT molecular complexity index is 503. The predicted octanol–water partition coefficient (Wildman–Crippen LogP) is 3.73. The van der Waals surface area contributed by atoms with Crippen LogP contribution in [0.15, 0.2) is 22.7 Å². The molecular weight excluding hydrogens is 332 g/mol. The molecular formula is C16H23BrN2O2. The number of anilines is 1. The molecule has 21 heavy (non-hydrogen) atoms. The predicted molar refractivity (Wildman–Crippen MR) is 89.3 cm³/mol. The molecule has 0 saturated heterocycles. The number of benzene rings is 1. The number of unbranched alkanes of at least 4 members (excludes halogenated alkanes) is 1. The summed E-state index contributed by atoms with van der Waals surface area (Å²) in [6.45, 7) is 6.80. The zero-order valence-corrected chi connectivity index (χ0v) is 14.5. The Morgan fingerprint density at radius 3 is 2.57 bits per heavy atom. The van der Waals surface area contributed by atoms with Crippen LogP contribution < -0.4 is 5.32 Å². The van der Waals surface area contributed by atoms with Gasteiger partial charge in [0, 0.05) is 30.9 Å². The molecule has 0 heterocycles. The summed E-state index contributed by atoms with van der Waals surface area (Å²) in [4.78, 5) is 25.2. The fourth-order valence-electron chi connectivity index (χ4n) is 1.95. The quantitative estimate of drug-likeness (QED) is 0.810. The van der Waals surface area contributed by atoms with Gasteiger partial charge in [0.25, 0.3) is 0 Å². The Kier molecular flexibility index (Phi) is 7.43. The number of aryl methyl sites for hydroxylation is 1. The molecule has 0 fully saturated rings. The molecule has 0 spiro atoms. The second-order valence-corrected chi connectivity index (χ2v) is 6.00. The second-order valence-electron chi connectivity index (χ2n) is 5.14. The minimum absolute atomic E-state index is 0.0211. The zero-order valence-electron chi connectivity index (χ0n) is 12.9. The van der Waals surface area contributed by atoms with Crippen LogP contribution in [0.2, 0.25) is 0 Å². The highest BCUT2D eigenvalue weighted by molar-refractivity contribution is 9.10. The normalized spacial score (nSPS) is 10.3. The lowest BCUT2D eigenvalue weighted by molar-refractivity contribution is -0.129. The van der Waals surface area contributed by atoms with Crippen molar-refractivity contribution in [3.05, 3.63) is 28.2 Å². The molecule has 1 aromatic carbocycles. The van der Waals surface area contributed by atoms with E-state index in [9.17, 15) is 9.59 Å². The Morgan fingerprint density at radius 1 is 1.29 bits per heavy atom. The van der Waals surface area contributed by atoms with E-state index in [0.717, 1.165) is 28.6 Å². The highest BCUT2D eigenvalue weighted by Gasteiger charge is 2.11. The molecule has 1 aromatic rings. The molecule has 0 unspecified atom stereocenters. The molecule has 0 aliphatic heterocycles. The van der Waals surface area contributed by atoms with Gasteiger partial charge in [0.05, 0.1) is 5.69 Å². The van der Waals surface area contributed by atoms with Crippen molar-refractivity contribution in [1.29, 1.82) is 0 Å². The van der Waals surface area contributed by atoms with Crippen LogP contribution >= 0.6 is 15.9 Å². The maximum Gasteiger partial charge on any atom is 0.226 e. The fraction of sp³-hybridized carbons (Fsp3) is 0.500. The topological polar surface area (TPSA) is 49.4 Å². The number of rotatable bonds is 7. The van der Waals surface area contributed by atoms with Gasteiger partial charge in [-0.25, -0.2) is 0 Å². The van der Waals surface area contributed by atoms with Gasteiger partial charge in [-0.05, 0) is 47.0 Å². The minimum atomic E-state index is -0.0812. The van der Waals surface area contributed by atoms with Gasteiger partial charge in [-0.3, -0.25) is 9.59 Å². The average molecular weight is 355 g/mol. The molecule has 0 aromatic heterocycles. The lowest BCUT2D eigenvalue weighted by atomic mass is 10.2. The highest BCUT2D eigenvalue weighted by Crippen LogP contribution is 2.23. The highest BCUT2D eigenvalue weighted by atomic mass is 79.9. The lowest BCUT2D eigenvalue weighted by Crippen LogP contribution is -2.32. The van der Waals surface area contributed by atoms with E-state index in [0.29, 0.717) is 19.5 Å². The molecule has 1 N–H and O–H groups in total. The second kappa shape index (κ2) is 8.82. The van der Waals surface area contributed by atoms with E-state index in [-0.39, 0.29) is 11.8 Å². The van der Waals surface area contributed by atoms with Gasteiger partial charge in [-0.2, -0.15) is 0 Å². The van der Waals surface area contributed by atoms with Crippen LogP contribution in [-0.2, 0) is 9.59 Å². The van der Waals surface area contributed by atoms with Crippen molar-refractivity contribution >= 4 is 33.4 Å². The SMILES string of the molecule is CCCCN(CCC(=O)Nc1ccc(C)cc1Br)C(C)=O. The standard InChI is InChI=1S/C16H23BrN2O2/c1-4-5-9-19(13(3)20)10-8-16(21)18-15-7-6-12(2)11-14(15)17/h6-7,11H,4-5,8-10H2,1-3H3,(H,18,21). The number of amides is 2. The average Bonchev–Trinajstić information content (AvgIpc) is 2.41. The zero-order chi connectivity index (χ0) is 15.8. The van der Waals surface area contributed by atoms with Crippen molar-refractivity contribution in [2.45, 2.75) is 40.0 Å². The Morgan fingerprint density at radius 2 is 2.00 bits per heavy atom. The number of halogens is 1. The van der Waals surface area contributed by atoms with Crippen molar-refractivity contribution < 1.29 is 9.59 Å². The van der Waals surface area contributed by atoms with E-state index in [1.54, 1.807) is 11.8 Å². The number of nitrogens with zero attached hydrogens (tertiary/aromatic N) is 1. The molecule has 0 aliphatic carbocycles. The summed E-state index contributed by atoms with van der Waals surface area (Å²) in [5, 5.41) is 2.86. The van der Waals surface area contributed by atoms with Gasteiger partial charge in [0.1, 0.15) is 0 Å². The third kappa shape index (κ3) is 6.29. The first-order valence-corrected chi connectivity index (χ1v) is 8.04. The summed E-state index contributed by atoms with van der Waals surface area (Å²) in [6.07, 6.45) is 2.31. The third-order valence-electron chi connectivity index (χ3n) is 3.23. The van der Waals surface area contributed by atoms with E-state index >= 15 is 0 Å². The molecule has 5 heteroatoms. The van der Waals surface area contributed by atoms with Gasteiger partial charge in [0.15, 0.2) is 0 Å². The first kappa shape index (κ1) is 17.7. The number of hydrogen-bond acceptors (Lipinski definition) is 2. The van der Waals surface area contributed by atoms with Crippen molar-refractivity contribution in [3.63, 3.8) is 0 Å². The van der Waals surface area contributed by atoms with Gasteiger partial charge < -0.3 is 10.2 Å². The molecule has 0 saturated carbocycles. The minimum Gasteiger partial charge on any atom is -0.342 e. The molecule has 1 rings (SSSR count). The summed E-state index contributed by atoms with van der Waals surface area (Å²) in [5.41, 5.74) is 1.88. The maximum absolute atomic E-state index is 12.0. The number of hydrogen-bond donors (Lipinski definition) is 1. The smallest absolute Gasteiger partial charge is 0.226 e. The van der Waals surface area contributed by atoms with Crippen molar-refractivity contribution in [2.75, 3.05) is 18.4 Å². The maximum atomic E-state index is 12.0. The Balaban J connectivity index is 2.50. The Hall–Kier alpha value is -1.36. The first-order chi connectivity index (χ1) is 9.93. The number of carbonyl (C=O) groups excluding carboxylic acids is 2. The third-order valence-corrected chi connectivity index (χ3v) is 3.89. The van der Waals surface area contributed by atoms with E-state index in [2.05, 4.69) is 28.2 Å². The summed E-state index contributed by atoms with van der Waals surface area (Å²) in [6, 6.07) is 5.78. The molecule has 116 valence electrons. The first-order valence-electron chi connectivity index (χ1n) is 7.25. The Labute approximate surface area is 135 Å². The van der Waals surface area contributed by atoms with Crippen LogP contribution in [0.3, 0.4) is 0 Å². The largest absolute Gasteiger partial charge is 0.342 e. The van der Waals surface area contributed by atoms with Gasteiger partial charge in [-0.1, -0.05) is 19.4 Å². The van der Waals surface area contributed by atoms with Gasteiger partial charge in [-0.15, -0.1) is 0 Å². The van der Waals surface area contributed by atoms with Crippen LogP contribution in [0.5, 0.6) is 0 Å². The number of nitrogens with one attached hydrogen (secondary N) is 1. The van der Waals surface area contributed by atoms with Crippen molar-refractivity contribution in [2.24, 2.45) is 0 Å². The molecule has 0 aliphatic rings. The van der Waals surface area contributed by atoms with Crippen LogP contribution in [0, 0.1) is 6.92 Å². The van der Waals surface area contributed by atoms with Crippen LogP contribution in [0.1, 0.15) is 38.7 Å². The molecule has 0 atom stereocenters. The fourth-order valence-corrected chi connectivity index (χ4v) is 2.54. The lowest BCUT2D eigenvalue weighted by Gasteiger charge is -2.20. The van der Waals surface area contributed by atoms with E-state index in [1.807, 2.05) is 25.1 Å². The summed E-state index contributed by atoms with van der Waals surface area (Å²) >= 11 is 3.43.